The van der Waals surface area contributed by atoms with Crippen LogP contribution in [0.5, 0.6) is 0 Å². The van der Waals surface area contributed by atoms with Gasteiger partial charge in [-0.25, -0.2) is 0 Å². The highest BCUT2D eigenvalue weighted by Crippen LogP contribution is 2.33. The summed E-state index contributed by atoms with van der Waals surface area (Å²) in [5, 5.41) is 16.0. The molecule has 3 nitrogen and oxygen atoms in total. The van der Waals surface area contributed by atoms with Crippen LogP contribution in [0.15, 0.2) is 42.0 Å². The average Bonchev–Trinajstić information content (AvgIpc) is 3.16. The van der Waals surface area contributed by atoms with Gasteiger partial charge in [-0.3, -0.25) is 4.90 Å². The number of hydrogen-bond donors (Lipinski definition) is 2. The lowest BCUT2D eigenvalue weighted by atomic mass is 9.87. The summed E-state index contributed by atoms with van der Waals surface area (Å²) in [7, 11) is 0. The third-order valence-corrected chi connectivity index (χ3v) is 6.80. The highest BCUT2D eigenvalue weighted by atomic mass is 15.1. The molecule has 1 fully saturated rings. The monoisotopic (exact) mass is 399 g/mol. The first-order chi connectivity index (χ1) is 14.4. The average molecular weight is 400 g/mol. The normalized spacial score (nSPS) is 17.0. The summed E-state index contributed by atoms with van der Waals surface area (Å²) < 4.78 is 0. The summed E-state index contributed by atoms with van der Waals surface area (Å²) in [6, 6.07) is 13.6. The molecule has 1 aliphatic heterocycles. The van der Waals surface area contributed by atoms with Crippen LogP contribution < -0.4 is 0 Å². The predicted molar refractivity (Wildman–Crippen MR) is 127 cm³/mol. The Morgan fingerprint density at radius 3 is 2.50 bits per heavy atom. The molecular weight excluding hydrogens is 366 g/mol. The van der Waals surface area contributed by atoms with E-state index in [0.717, 1.165) is 31.6 Å². The third kappa shape index (κ3) is 4.46. The standard InChI is InChI=1S/C27H33N3/c1-18-7-8-22(13-19(18)2)21-9-11-30(12-10-21)17-24-6-4-5-23-15-25(16-26(23)24)27(29)14-20(3)28/h4-8,13,16,21,28-29H,9-12,14-15,17H2,1-3H3. The number of nitrogens with zero attached hydrogens (tertiary/aromatic N) is 1. The van der Waals surface area contributed by atoms with E-state index < -0.39 is 0 Å². The molecule has 0 unspecified atom stereocenters. The Balaban J connectivity index is 1.41. The molecule has 0 saturated carbocycles. The van der Waals surface area contributed by atoms with Crippen molar-refractivity contribution >= 4 is 17.5 Å². The van der Waals surface area contributed by atoms with Gasteiger partial charge in [0.15, 0.2) is 0 Å². The Bertz CT molecular complexity index is 1010. The van der Waals surface area contributed by atoms with E-state index in [9.17, 15) is 0 Å². The van der Waals surface area contributed by atoms with Crippen molar-refractivity contribution in [3.8, 4) is 0 Å². The summed E-state index contributed by atoms with van der Waals surface area (Å²) in [6.07, 6.45) is 5.95. The second kappa shape index (κ2) is 8.69. The fraction of sp³-hybridized carbons (Fsp3) is 0.407. The van der Waals surface area contributed by atoms with Crippen molar-refractivity contribution < 1.29 is 0 Å². The molecule has 0 spiro atoms. The van der Waals surface area contributed by atoms with Crippen molar-refractivity contribution in [2.45, 2.75) is 58.9 Å². The van der Waals surface area contributed by atoms with E-state index in [2.05, 4.69) is 61.2 Å². The Morgan fingerprint density at radius 1 is 1.03 bits per heavy atom. The predicted octanol–water partition coefficient (Wildman–Crippen LogP) is 6.07. The van der Waals surface area contributed by atoms with Gasteiger partial charge < -0.3 is 10.8 Å². The van der Waals surface area contributed by atoms with Crippen molar-refractivity contribution in [3.63, 3.8) is 0 Å². The van der Waals surface area contributed by atoms with Crippen LogP contribution in [0.4, 0.5) is 0 Å². The number of piperidine rings is 1. The molecule has 2 aromatic rings. The number of aryl methyl sites for hydroxylation is 2. The van der Waals surface area contributed by atoms with Gasteiger partial charge >= 0.3 is 0 Å². The van der Waals surface area contributed by atoms with Gasteiger partial charge in [-0.05, 0) is 104 Å². The van der Waals surface area contributed by atoms with Crippen LogP contribution in [0.25, 0.3) is 6.08 Å². The molecule has 3 heteroatoms. The van der Waals surface area contributed by atoms with E-state index in [1.54, 1.807) is 6.92 Å². The van der Waals surface area contributed by atoms with Crippen LogP contribution >= 0.6 is 0 Å². The number of likely N-dealkylation sites (tertiary alicyclic amines) is 1. The van der Waals surface area contributed by atoms with Crippen LogP contribution in [-0.2, 0) is 13.0 Å². The van der Waals surface area contributed by atoms with Gasteiger partial charge in [-0.1, -0.05) is 36.4 Å². The zero-order chi connectivity index (χ0) is 21.3. The Kier molecular flexibility index (Phi) is 6.01. The van der Waals surface area contributed by atoms with Crippen molar-refractivity contribution in [1.82, 2.24) is 4.90 Å². The molecule has 0 amide bonds. The molecule has 2 aliphatic rings. The fourth-order valence-electron chi connectivity index (χ4n) is 4.83. The van der Waals surface area contributed by atoms with Gasteiger partial charge in [-0.15, -0.1) is 0 Å². The summed E-state index contributed by atoms with van der Waals surface area (Å²) in [4.78, 5) is 2.59. The van der Waals surface area contributed by atoms with Crippen LogP contribution in [0.3, 0.4) is 0 Å². The molecule has 2 N–H and O–H groups in total. The maximum Gasteiger partial charge on any atom is 0.0405 e. The highest BCUT2D eigenvalue weighted by Gasteiger charge is 2.23. The number of fused-ring (bicyclic) bond motifs is 1. The first-order valence-corrected chi connectivity index (χ1v) is 11.1. The van der Waals surface area contributed by atoms with Crippen molar-refractivity contribution in [2.24, 2.45) is 0 Å². The Hall–Kier alpha value is -2.52. The lowest BCUT2D eigenvalue weighted by Crippen LogP contribution is -2.32. The number of benzene rings is 2. The Morgan fingerprint density at radius 2 is 1.80 bits per heavy atom. The van der Waals surface area contributed by atoms with Crippen LogP contribution in [0.1, 0.15) is 65.5 Å². The molecule has 0 bridgehead atoms. The molecule has 1 heterocycles. The van der Waals surface area contributed by atoms with Crippen molar-refractivity contribution in [2.75, 3.05) is 13.1 Å². The Labute approximate surface area is 180 Å². The van der Waals surface area contributed by atoms with Gasteiger partial charge in [0.1, 0.15) is 0 Å². The zero-order valence-electron chi connectivity index (χ0n) is 18.5. The molecule has 4 rings (SSSR count). The van der Waals surface area contributed by atoms with Gasteiger partial charge in [0.05, 0.1) is 0 Å². The third-order valence-electron chi connectivity index (χ3n) is 6.80. The number of allylic oxidation sites excluding steroid dienone is 1. The van der Waals surface area contributed by atoms with Gasteiger partial charge in [0, 0.05) is 24.4 Å². The van der Waals surface area contributed by atoms with Crippen molar-refractivity contribution in [1.29, 1.82) is 10.8 Å². The second-order valence-electron chi connectivity index (χ2n) is 9.17. The van der Waals surface area contributed by atoms with Crippen LogP contribution in [-0.4, -0.2) is 29.4 Å². The fourth-order valence-corrected chi connectivity index (χ4v) is 4.83. The van der Waals surface area contributed by atoms with Gasteiger partial charge in [-0.2, -0.15) is 0 Å². The lowest BCUT2D eigenvalue weighted by molar-refractivity contribution is 0.204. The van der Waals surface area contributed by atoms with E-state index in [4.69, 9.17) is 10.8 Å². The molecule has 0 atom stereocenters. The molecule has 0 aromatic heterocycles. The minimum atomic E-state index is 0.459. The maximum atomic E-state index is 8.33. The summed E-state index contributed by atoms with van der Waals surface area (Å²) in [6.45, 7) is 9.46. The SMILES string of the molecule is CC(=N)CC(=N)C1=Cc2c(cccc2CN2CCC(c3ccc(C)c(C)c3)CC2)C1. The first kappa shape index (κ1) is 20.7. The summed E-state index contributed by atoms with van der Waals surface area (Å²) in [5.74, 6) is 0.679. The molecular formula is C27H33N3. The number of hydrogen-bond acceptors (Lipinski definition) is 3. The quantitative estimate of drug-likeness (QED) is 0.569. The molecule has 2 aromatic carbocycles. The molecule has 0 radical (unpaired) electrons. The van der Waals surface area contributed by atoms with E-state index >= 15 is 0 Å². The summed E-state index contributed by atoms with van der Waals surface area (Å²) in [5.41, 5.74) is 10.6. The molecule has 30 heavy (non-hydrogen) atoms. The minimum Gasteiger partial charge on any atom is -0.310 e. The molecule has 156 valence electrons. The van der Waals surface area contributed by atoms with Crippen LogP contribution in [0, 0.1) is 24.7 Å². The summed E-state index contributed by atoms with van der Waals surface area (Å²) >= 11 is 0. The lowest BCUT2D eigenvalue weighted by Gasteiger charge is -2.32. The van der Waals surface area contributed by atoms with Gasteiger partial charge in [0.2, 0.25) is 0 Å². The van der Waals surface area contributed by atoms with E-state index in [0.29, 0.717) is 23.8 Å². The highest BCUT2D eigenvalue weighted by molar-refractivity contribution is 6.12. The van der Waals surface area contributed by atoms with E-state index in [1.165, 1.54) is 46.2 Å². The number of rotatable bonds is 6. The van der Waals surface area contributed by atoms with E-state index in [1.807, 2.05) is 0 Å². The van der Waals surface area contributed by atoms with Crippen LogP contribution in [0.2, 0.25) is 0 Å². The topological polar surface area (TPSA) is 50.9 Å². The number of nitrogens with one attached hydrogen (secondary N) is 2. The maximum absolute atomic E-state index is 8.33. The largest absolute Gasteiger partial charge is 0.310 e. The first-order valence-electron chi connectivity index (χ1n) is 11.1. The molecule has 1 saturated heterocycles. The second-order valence-corrected chi connectivity index (χ2v) is 9.17. The molecule has 1 aliphatic carbocycles. The smallest absolute Gasteiger partial charge is 0.0405 e. The minimum absolute atomic E-state index is 0.459. The zero-order valence-corrected chi connectivity index (χ0v) is 18.5. The van der Waals surface area contributed by atoms with Gasteiger partial charge in [0.25, 0.3) is 0 Å². The van der Waals surface area contributed by atoms with Crippen molar-refractivity contribution in [3.05, 3.63) is 75.4 Å². The van der Waals surface area contributed by atoms with E-state index in [-0.39, 0.29) is 0 Å².